The molecule has 0 fully saturated rings. The Balaban J connectivity index is 1.38. The maximum Gasteiger partial charge on any atom is 0.261 e. The average molecular weight is 537 g/mol. The van der Waals surface area contributed by atoms with Gasteiger partial charge in [-0.05, 0) is 61.4 Å². The van der Waals surface area contributed by atoms with Crippen molar-refractivity contribution in [2.75, 3.05) is 29.5 Å². The number of sulfonamides is 1. The summed E-state index contributed by atoms with van der Waals surface area (Å²) in [6.07, 6.45) is 0.679. The standard InChI is InChI=1S/C27H28N4O4S2/c1-18-4-10-21(11-5-18)31-37(33,34)22-12-6-19(7-13-22)8-15-26(32)29-23-16-20(9-14-25(23)35-3)24-17-36-27(28-2)30-24/h4-7,9-14,16-17,31H,8,15H2,1-3H3,(H,28,30)(H,29,32). The van der Waals surface area contributed by atoms with Gasteiger partial charge in [0.1, 0.15) is 5.75 Å². The Labute approximate surface area is 220 Å². The Kier molecular flexibility index (Phi) is 8.10. The Hall–Kier alpha value is -3.89. The molecular formula is C27H28N4O4S2. The number of nitrogens with one attached hydrogen (secondary N) is 3. The minimum absolute atomic E-state index is 0.159. The minimum Gasteiger partial charge on any atom is -0.495 e. The Morgan fingerprint density at radius 1 is 1.03 bits per heavy atom. The van der Waals surface area contributed by atoms with E-state index in [4.69, 9.17) is 4.74 Å². The van der Waals surface area contributed by atoms with Crippen LogP contribution in [0.3, 0.4) is 0 Å². The van der Waals surface area contributed by atoms with Crippen LogP contribution in [0.1, 0.15) is 17.5 Å². The number of hydrogen-bond acceptors (Lipinski definition) is 7. The summed E-state index contributed by atoms with van der Waals surface area (Å²) in [7, 11) is -0.333. The molecule has 0 aliphatic heterocycles. The van der Waals surface area contributed by atoms with E-state index in [-0.39, 0.29) is 17.2 Å². The van der Waals surface area contributed by atoms with Gasteiger partial charge in [0.2, 0.25) is 5.91 Å². The summed E-state index contributed by atoms with van der Waals surface area (Å²) in [4.78, 5) is 17.4. The molecule has 0 atom stereocenters. The number of aryl methyl sites for hydroxylation is 2. The topological polar surface area (TPSA) is 109 Å². The number of anilines is 3. The summed E-state index contributed by atoms with van der Waals surface area (Å²) >= 11 is 1.50. The molecule has 0 aliphatic carbocycles. The lowest BCUT2D eigenvalue weighted by atomic mass is 10.1. The van der Waals surface area contributed by atoms with E-state index in [1.165, 1.54) is 11.3 Å². The van der Waals surface area contributed by atoms with E-state index in [1.54, 1.807) is 49.6 Å². The van der Waals surface area contributed by atoms with Crippen molar-refractivity contribution in [3.63, 3.8) is 0 Å². The first kappa shape index (κ1) is 26.2. The van der Waals surface area contributed by atoms with E-state index in [1.807, 2.05) is 43.6 Å². The average Bonchev–Trinajstić information content (AvgIpc) is 3.38. The molecule has 0 saturated carbocycles. The molecule has 1 aromatic heterocycles. The van der Waals surface area contributed by atoms with Crippen molar-refractivity contribution < 1.29 is 17.9 Å². The molecule has 0 radical (unpaired) electrons. The molecule has 1 heterocycles. The molecule has 4 aromatic rings. The number of hydrogen-bond donors (Lipinski definition) is 3. The zero-order chi connectivity index (χ0) is 26.4. The van der Waals surface area contributed by atoms with E-state index in [0.29, 0.717) is 23.5 Å². The molecule has 0 unspecified atom stereocenters. The minimum atomic E-state index is -3.70. The summed E-state index contributed by atoms with van der Waals surface area (Å²) in [6, 6.07) is 19.2. The van der Waals surface area contributed by atoms with Gasteiger partial charge < -0.3 is 15.4 Å². The lowest BCUT2D eigenvalue weighted by Crippen LogP contribution is -2.14. The van der Waals surface area contributed by atoms with Gasteiger partial charge in [-0.25, -0.2) is 13.4 Å². The molecule has 8 nitrogen and oxygen atoms in total. The molecule has 1 amide bonds. The van der Waals surface area contributed by atoms with Crippen LogP contribution in [-0.4, -0.2) is 33.5 Å². The second-order valence-electron chi connectivity index (χ2n) is 8.37. The van der Waals surface area contributed by atoms with Crippen molar-refractivity contribution in [1.82, 2.24) is 4.98 Å². The second-order valence-corrected chi connectivity index (χ2v) is 10.9. The van der Waals surface area contributed by atoms with Gasteiger partial charge in [0.15, 0.2) is 5.13 Å². The summed E-state index contributed by atoms with van der Waals surface area (Å²) in [5.74, 6) is 0.374. The highest BCUT2D eigenvalue weighted by atomic mass is 32.2. The van der Waals surface area contributed by atoms with Crippen molar-refractivity contribution in [3.8, 4) is 17.0 Å². The predicted octanol–water partition coefficient (Wildman–Crippen LogP) is 5.54. The first-order valence-electron chi connectivity index (χ1n) is 11.6. The fourth-order valence-electron chi connectivity index (χ4n) is 3.63. The highest BCUT2D eigenvalue weighted by molar-refractivity contribution is 7.92. The molecule has 0 saturated heterocycles. The molecule has 3 N–H and O–H groups in total. The van der Waals surface area contributed by atoms with Crippen molar-refractivity contribution in [1.29, 1.82) is 0 Å². The Bertz CT molecular complexity index is 1480. The number of nitrogens with zero attached hydrogens (tertiary/aromatic N) is 1. The predicted molar refractivity (Wildman–Crippen MR) is 149 cm³/mol. The normalized spacial score (nSPS) is 11.1. The lowest BCUT2D eigenvalue weighted by molar-refractivity contribution is -0.116. The molecule has 4 rings (SSSR count). The second kappa shape index (κ2) is 11.4. The number of amides is 1. The van der Waals surface area contributed by atoms with Gasteiger partial charge in [0, 0.05) is 30.1 Å². The molecule has 192 valence electrons. The Morgan fingerprint density at radius 2 is 1.76 bits per heavy atom. The number of methoxy groups -OCH3 is 1. The number of carbonyl (C=O) groups is 1. The van der Waals surface area contributed by atoms with E-state index in [0.717, 1.165) is 27.5 Å². The molecule has 0 spiro atoms. The van der Waals surface area contributed by atoms with Gasteiger partial charge in [-0.3, -0.25) is 9.52 Å². The summed E-state index contributed by atoms with van der Waals surface area (Å²) in [5, 5.41) is 8.69. The van der Waals surface area contributed by atoms with Crippen LogP contribution in [0, 0.1) is 6.92 Å². The number of thiazole rings is 1. The number of benzene rings is 3. The van der Waals surface area contributed by atoms with Crippen LogP contribution >= 0.6 is 11.3 Å². The maximum absolute atomic E-state index is 12.7. The van der Waals surface area contributed by atoms with Crippen LogP contribution in [0.4, 0.5) is 16.5 Å². The number of ether oxygens (including phenoxy) is 1. The number of carbonyl (C=O) groups excluding carboxylic acids is 1. The van der Waals surface area contributed by atoms with Crippen molar-refractivity contribution in [3.05, 3.63) is 83.2 Å². The van der Waals surface area contributed by atoms with Crippen LogP contribution in [-0.2, 0) is 21.2 Å². The van der Waals surface area contributed by atoms with Crippen LogP contribution in [0.5, 0.6) is 5.75 Å². The SMILES string of the molecule is CNc1nc(-c2ccc(OC)c(NC(=O)CCc3ccc(S(=O)(=O)Nc4ccc(C)cc4)cc3)c2)cs1. The summed E-state index contributed by atoms with van der Waals surface area (Å²) in [5.41, 5.74) is 4.64. The van der Waals surface area contributed by atoms with E-state index in [9.17, 15) is 13.2 Å². The molecule has 10 heteroatoms. The van der Waals surface area contributed by atoms with Gasteiger partial charge in [-0.1, -0.05) is 29.8 Å². The monoisotopic (exact) mass is 536 g/mol. The first-order valence-corrected chi connectivity index (χ1v) is 13.9. The smallest absolute Gasteiger partial charge is 0.261 e. The highest BCUT2D eigenvalue weighted by Crippen LogP contribution is 2.32. The molecule has 0 bridgehead atoms. The largest absolute Gasteiger partial charge is 0.495 e. The third-order valence-corrected chi connectivity index (χ3v) is 7.92. The van der Waals surface area contributed by atoms with Gasteiger partial charge in [-0.15, -0.1) is 11.3 Å². The molecule has 0 aliphatic rings. The Morgan fingerprint density at radius 3 is 2.41 bits per heavy atom. The van der Waals surface area contributed by atoms with Crippen LogP contribution < -0.4 is 20.1 Å². The van der Waals surface area contributed by atoms with Crippen LogP contribution in [0.2, 0.25) is 0 Å². The van der Waals surface area contributed by atoms with Crippen molar-refractivity contribution in [2.24, 2.45) is 0 Å². The van der Waals surface area contributed by atoms with Gasteiger partial charge >= 0.3 is 0 Å². The maximum atomic E-state index is 12.7. The summed E-state index contributed by atoms with van der Waals surface area (Å²) < 4.78 is 33.4. The fraction of sp³-hybridized carbons (Fsp3) is 0.185. The molecule has 3 aromatic carbocycles. The third-order valence-electron chi connectivity index (χ3n) is 5.67. The van der Waals surface area contributed by atoms with E-state index < -0.39 is 10.0 Å². The van der Waals surface area contributed by atoms with Gasteiger partial charge in [0.05, 0.1) is 23.4 Å². The molecular weight excluding hydrogens is 508 g/mol. The lowest BCUT2D eigenvalue weighted by Gasteiger charge is -2.12. The molecule has 37 heavy (non-hydrogen) atoms. The number of aromatic nitrogens is 1. The number of rotatable bonds is 10. The van der Waals surface area contributed by atoms with Gasteiger partial charge in [0.25, 0.3) is 10.0 Å². The summed E-state index contributed by atoms with van der Waals surface area (Å²) in [6.45, 7) is 1.94. The quantitative estimate of drug-likeness (QED) is 0.246. The van der Waals surface area contributed by atoms with E-state index in [2.05, 4.69) is 20.3 Å². The van der Waals surface area contributed by atoms with E-state index >= 15 is 0 Å². The third kappa shape index (κ3) is 6.66. The van der Waals surface area contributed by atoms with Gasteiger partial charge in [-0.2, -0.15) is 0 Å². The van der Waals surface area contributed by atoms with Crippen molar-refractivity contribution in [2.45, 2.75) is 24.7 Å². The zero-order valence-electron chi connectivity index (χ0n) is 20.7. The highest BCUT2D eigenvalue weighted by Gasteiger charge is 2.15. The zero-order valence-corrected chi connectivity index (χ0v) is 22.4. The fourth-order valence-corrected chi connectivity index (χ4v) is 5.37. The van der Waals surface area contributed by atoms with Crippen LogP contribution in [0.15, 0.2) is 77.0 Å². The first-order chi connectivity index (χ1) is 17.8. The van der Waals surface area contributed by atoms with Crippen LogP contribution in [0.25, 0.3) is 11.3 Å². The van der Waals surface area contributed by atoms with Crippen molar-refractivity contribution >= 4 is 43.8 Å².